The topological polar surface area (TPSA) is 0 Å². The van der Waals surface area contributed by atoms with Crippen LogP contribution in [0.3, 0.4) is 0 Å². The molecule has 0 aromatic carbocycles. The summed E-state index contributed by atoms with van der Waals surface area (Å²) in [5, 5.41) is 0. The van der Waals surface area contributed by atoms with Crippen LogP contribution < -0.4 is 0 Å². The van der Waals surface area contributed by atoms with Crippen LogP contribution >= 0.6 is 0 Å². The van der Waals surface area contributed by atoms with Gasteiger partial charge in [-0.3, -0.25) is 0 Å². The van der Waals surface area contributed by atoms with Gasteiger partial charge in [0.15, 0.2) is 0 Å². The molecule has 0 bridgehead atoms. The molecule has 0 rings (SSSR count). The first kappa shape index (κ1) is 4.53. The maximum Gasteiger partial charge on any atom is 0.215 e. The molecule has 0 spiro atoms. The molecule has 1 heteroatoms. The van der Waals surface area contributed by atoms with Crippen molar-refractivity contribution < 1.29 is 0 Å². The van der Waals surface area contributed by atoms with E-state index in [0.29, 0.717) is 0 Å². The van der Waals surface area contributed by atoms with Crippen LogP contribution in [0, 0.1) is 0 Å². The van der Waals surface area contributed by atoms with E-state index in [9.17, 15) is 0 Å². The molecule has 0 atom stereocenters. The van der Waals surface area contributed by atoms with E-state index in [1.165, 1.54) is 16.3 Å². The van der Waals surface area contributed by atoms with Gasteiger partial charge < -0.3 is 0 Å². The Morgan fingerprint density at radius 1 is 1.50 bits per heavy atom. The average molecular weight is 72.1 g/mol. The molecule has 4 heavy (non-hydrogen) atoms. The van der Waals surface area contributed by atoms with Gasteiger partial charge in [0.05, 0.1) is 0 Å². The molecule has 24 valence electrons. The molecule has 0 heterocycles. The lowest BCUT2D eigenvalue weighted by molar-refractivity contribution is 1.08. The Labute approximate surface area is 35.6 Å². The zero-order chi connectivity index (χ0) is 3.58. The summed E-state index contributed by atoms with van der Waals surface area (Å²) in [7, 11) is 0. The van der Waals surface area contributed by atoms with Crippen molar-refractivity contribution in [3.8, 4) is 0 Å². The Kier molecular flexibility index (Phi) is 2.06. The van der Waals surface area contributed by atoms with Crippen LogP contribution in [-0.4, -0.2) is 16.3 Å². The van der Waals surface area contributed by atoms with Crippen LogP contribution in [-0.2, 0) is 0 Å². The van der Waals surface area contributed by atoms with Gasteiger partial charge in [-0.15, -0.1) is 0 Å². The maximum atomic E-state index is 2.23. The monoisotopic (exact) mass is 72.1 g/mol. The second-order valence-corrected chi connectivity index (χ2v) is 4.04. The summed E-state index contributed by atoms with van der Waals surface area (Å²) >= 11 is 1.35. The minimum atomic E-state index is 0.972. The van der Waals surface area contributed by atoms with Crippen LogP contribution in [0.15, 0.2) is 0 Å². The number of hydrogen-bond acceptors (Lipinski definition) is 0. The van der Waals surface area contributed by atoms with Gasteiger partial charge in [-0.1, -0.05) is 18.6 Å². The highest BCUT2D eigenvalue weighted by Crippen LogP contribution is 1.84. The summed E-state index contributed by atoms with van der Waals surface area (Å²) in [4.78, 5) is 0. The van der Waals surface area contributed by atoms with Gasteiger partial charge in [0.1, 0.15) is 0 Å². The third-order valence-corrected chi connectivity index (χ3v) is 0. The normalized spacial score (nSPS) is 8.75. The van der Waals surface area contributed by atoms with E-state index in [4.69, 9.17) is 0 Å². The van der Waals surface area contributed by atoms with Crippen molar-refractivity contribution >= 4 is 16.3 Å². The summed E-state index contributed by atoms with van der Waals surface area (Å²) in [5.41, 5.74) is 0. The van der Waals surface area contributed by atoms with E-state index in [-0.39, 0.29) is 0 Å². The fourth-order valence-electron chi connectivity index (χ4n) is 0. The van der Waals surface area contributed by atoms with Gasteiger partial charge >= 0.3 is 0 Å². The van der Waals surface area contributed by atoms with Gasteiger partial charge in [-0.2, -0.15) is 0 Å². The predicted molar refractivity (Wildman–Crippen MR) is 23.6 cm³/mol. The molecule has 0 aliphatic heterocycles. The molecule has 0 unspecified atom stereocenters. The average Bonchev–Trinajstić information content (AvgIpc) is 0.811. The summed E-state index contributed by atoms with van der Waals surface area (Å²) in [6.07, 6.45) is 0. The van der Waals surface area contributed by atoms with Crippen molar-refractivity contribution in [2.24, 2.45) is 0 Å². The van der Waals surface area contributed by atoms with E-state index in [2.05, 4.69) is 13.8 Å². The number of hydrogen-bond donors (Lipinski definition) is 0. The SMILES string of the molecule is C[CH](C)[AlH2]. The zero-order valence-corrected chi connectivity index (χ0v) is 5.58. The molecular formula is C3H9Al. The molecule has 0 amide bonds. The highest BCUT2D eigenvalue weighted by molar-refractivity contribution is 6.10. The lowest BCUT2D eigenvalue weighted by atomic mass is 10.6. The number of rotatable bonds is 0. The Balaban J connectivity index is 2.32. The Morgan fingerprint density at radius 3 is 1.50 bits per heavy atom. The van der Waals surface area contributed by atoms with Crippen LogP contribution in [0.2, 0.25) is 4.78 Å². The molecule has 0 radical (unpaired) electrons. The summed E-state index contributed by atoms with van der Waals surface area (Å²) in [6, 6.07) is 0. The first-order valence-electron chi connectivity index (χ1n) is 1.73. The summed E-state index contributed by atoms with van der Waals surface area (Å²) in [5.74, 6) is 0. The van der Waals surface area contributed by atoms with Gasteiger partial charge in [0.2, 0.25) is 16.3 Å². The fourth-order valence-corrected chi connectivity index (χ4v) is 0. The highest BCUT2D eigenvalue weighted by atomic mass is 27.0. The molecule has 0 N–H and O–H groups in total. The Bertz CT molecular complexity index is 8.00. The molecule has 0 saturated heterocycles. The fraction of sp³-hybridized carbons (Fsp3) is 1.00. The summed E-state index contributed by atoms with van der Waals surface area (Å²) < 4.78 is 0.972. The van der Waals surface area contributed by atoms with Crippen LogP contribution in [0.1, 0.15) is 13.8 Å². The molecule has 0 aromatic rings. The quantitative estimate of drug-likeness (QED) is 0.364. The smallest absolute Gasteiger partial charge is 0.0955 e. The first-order valence-corrected chi connectivity index (χ1v) is 2.89. The van der Waals surface area contributed by atoms with E-state index in [1.54, 1.807) is 0 Å². The van der Waals surface area contributed by atoms with Gasteiger partial charge in [-0.05, 0) is 0 Å². The van der Waals surface area contributed by atoms with E-state index >= 15 is 0 Å². The minimum absolute atomic E-state index is 0.972. The minimum Gasteiger partial charge on any atom is -0.0955 e. The molecule has 0 nitrogen and oxygen atoms in total. The largest absolute Gasteiger partial charge is 0.215 e. The molecule has 0 aliphatic rings. The van der Waals surface area contributed by atoms with E-state index in [1.807, 2.05) is 0 Å². The molecule has 0 aromatic heterocycles. The second-order valence-electron chi connectivity index (χ2n) is 1.73. The van der Waals surface area contributed by atoms with Crippen molar-refractivity contribution in [1.82, 2.24) is 0 Å². The van der Waals surface area contributed by atoms with Gasteiger partial charge in [0, 0.05) is 0 Å². The standard InChI is InChI=1S/C3H7.Al.2H/c1-3-2;;;/h3H,1-2H3;;;. The van der Waals surface area contributed by atoms with Crippen molar-refractivity contribution in [3.63, 3.8) is 0 Å². The summed E-state index contributed by atoms with van der Waals surface area (Å²) in [6.45, 7) is 4.46. The molecule has 0 saturated carbocycles. The lowest BCUT2D eigenvalue weighted by Gasteiger charge is -1.77. The second kappa shape index (κ2) is 1.82. The Morgan fingerprint density at radius 2 is 1.50 bits per heavy atom. The maximum absolute atomic E-state index is 2.23. The lowest BCUT2D eigenvalue weighted by Crippen LogP contribution is -1.67. The molecule has 0 fully saturated rings. The van der Waals surface area contributed by atoms with Crippen molar-refractivity contribution in [1.29, 1.82) is 0 Å². The third kappa shape index (κ3) is 21.0. The highest BCUT2D eigenvalue weighted by Gasteiger charge is 1.70. The van der Waals surface area contributed by atoms with E-state index < -0.39 is 0 Å². The van der Waals surface area contributed by atoms with Crippen LogP contribution in [0.4, 0.5) is 0 Å². The van der Waals surface area contributed by atoms with E-state index in [0.717, 1.165) is 4.78 Å². The zero-order valence-electron chi connectivity index (χ0n) is 3.58. The van der Waals surface area contributed by atoms with Gasteiger partial charge in [-0.25, -0.2) is 0 Å². The Hall–Kier alpha value is 0.532. The van der Waals surface area contributed by atoms with Crippen molar-refractivity contribution in [3.05, 3.63) is 0 Å². The molecular weight excluding hydrogens is 63.0 g/mol. The van der Waals surface area contributed by atoms with Crippen molar-refractivity contribution in [2.75, 3.05) is 0 Å². The molecule has 0 aliphatic carbocycles. The van der Waals surface area contributed by atoms with Crippen molar-refractivity contribution in [2.45, 2.75) is 18.6 Å². The first-order chi connectivity index (χ1) is 1.73. The van der Waals surface area contributed by atoms with Gasteiger partial charge in [0.25, 0.3) is 0 Å². The predicted octanol–water partition coefficient (Wildman–Crippen LogP) is 0.448. The third-order valence-electron chi connectivity index (χ3n) is 0. The van der Waals surface area contributed by atoms with Crippen LogP contribution in [0.5, 0.6) is 0 Å². The van der Waals surface area contributed by atoms with Crippen LogP contribution in [0.25, 0.3) is 0 Å².